The van der Waals surface area contributed by atoms with Crippen molar-refractivity contribution in [1.82, 2.24) is 20.0 Å². The van der Waals surface area contributed by atoms with Gasteiger partial charge in [-0.1, -0.05) is 12.5 Å². The lowest BCUT2D eigenvalue weighted by atomic mass is 9.97. The summed E-state index contributed by atoms with van der Waals surface area (Å²) in [5.74, 6) is 0.129. The second-order valence-electron chi connectivity index (χ2n) is 8.25. The van der Waals surface area contributed by atoms with Crippen molar-refractivity contribution in [1.29, 1.82) is 0 Å². The van der Waals surface area contributed by atoms with E-state index in [2.05, 4.69) is 34.5 Å². The van der Waals surface area contributed by atoms with Gasteiger partial charge in [0.15, 0.2) is 5.82 Å². The third-order valence-electron chi connectivity index (χ3n) is 6.13. The zero-order valence-corrected chi connectivity index (χ0v) is 17.6. The fraction of sp³-hybridized carbons (Fsp3) is 0.524. The Morgan fingerprint density at radius 1 is 1.23 bits per heavy atom. The van der Waals surface area contributed by atoms with Gasteiger partial charge in [-0.25, -0.2) is 4.79 Å². The summed E-state index contributed by atoms with van der Waals surface area (Å²) in [6.07, 6.45) is 3.65. The lowest BCUT2D eigenvalue weighted by molar-refractivity contribution is -0.120. The highest BCUT2D eigenvalue weighted by Crippen LogP contribution is 2.32. The van der Waals surface area contributed by atoms with Gasteiger partial charge in [0, 0.05) is 37.5 Å². The number of urea groups is 1. The number of anilines is 2. The molecule has 2 atom stereocenters. The van der Waals surface area contributed by atoms with Crippen molar-refractivity contribution in [2.24, 2.45) is 7.05 Å². The molecule has 2 saturated heterocycles. The number of fused-ring (bicyclic) bond motifs is 1. The normalized spacial score (nSPS) is 23.0. The summed E-state index contributed by atoms with van der Waals surface area (Å²) in [5, 5.41) is 10.6. The SMILES string of the molecule is C[C@@H]1CCC[C@H](C)N1CC(=O)Nc1cccc2c(N3CCC(=O)NC3=O)nn(C)c12. The van der Waals surface area contributed by atoms with E-state index < -0.39 is 6.03 Å². The maximum Gasteiger partial charge on any atom is 0.329 e. The molecule has 3 heterocycles. The van der Waals surface area contributed by atoms with Crippen molar-refractivity contribution >= 4 is 40.3 Å². The molecule has 2 aliphatic heterocycles. The number of aromatic nitrogens is 2. The average molecular weight is 412 g/mol. The lowest BCUT2D eigenvalue weighted by Gasteiger charge is -2.38. The van der Waals surface area contributed by atoms with Gasteiger partial charge in [-0.05, 0) is 38.8 Å². The second-order valence-corrected chi connectivity index (χ2v) is 8.25. The minimum absolute atomic E-state index is 0.0628. The van der Waals surface area contributed by atoms with Gasteiger partial charge >= 0.3 is 6.03 Å². The van der Waals surface area contributed by atoms with E-state index in [1.807, 2.05) is 18.2 Å². The predicted molar refractivity (Wildman–Crippen MR) is 114 cm³/mol. The molecule has 2 N–H and O–H groups in total. The molecule has 0 bridgehead atoms. The molecular weight excluding hydrogens is 384 g/mol. The number of likely N-dealkylation sites (tertiary alicyclic amines) is 1. The zero-order valence-electron chi connectivity index (χ0n) is 17.6. The number of hydrogen-bond donors (Lipinski definition) is 2. The van der Waals surface area contributed by atoms with Crippen molar-refractivity contribution < 1.29 is 14.4 Å². The lowest BCUT2D eigenvalue weighted by Crippen LogP contribution is -2.49. The summed E-state index contributed by atoms with van der Waals surface area (Å²) in [6.45, 7) is 4.97. The van der Waals surface area contributed by atoms with Crippen LogP contribution < -0.4 is 15.5 Å². The highest BCUT2D eigenvalue weighted by molar-refractivity contribution is 6.11. The Hall–Kier alpha value is -2.94. The summed E-state index contributed by atoms with van der Waals surface area (Å²) in [5.41, 5.74) is 1.40. The molecule has 9 nitrogen and oxygen atoms in total. The van der Waals surface area contributed by atoms with Gasteiger partial charge < -0.3 is 5.32 Å². The molecule has 2 aromatic rings. The maximum atomic E-state index is 12.8. The van der Waals surface area contributed by atoms with Crippen LogP contribution in [0.25, 0.3) is 10.9 Å². The standard InChI is InChI=1S/C21H28N6O3/c1-13-6-4-7-14(2)27(13)12-18(29)22-16-9-5-8-15-19(16)25(3)24-20(15)26-11-10-17(28)23-21(26)30/h5,8-9,13-14H,4,6-7,10-12H2,1-3H3,(H,22,29)(H,23,28,30)/t13-,14+. The summed E-state index contributed by atoms with van der Waals surface area (Å²) < 4.78 is 1.66. The Bertz CT molecular complexity index is 990. The molecule has 2 fully saturated rings. The van der Waals surface area contributed by atoms with Crippen LogP contribution in [0.15, 0.2) is 18.2 Å². The number of piperidine rings is 1. The van der Waals surface area contributed by atoms with Crippen LogP contribution in [0.1, 0.15) is 39.5 Å². The summed E-state index contributed by atoms with van der Waals surface area (Å²) in [4.78, 5) is 40.3. The van der Waals surface area contributed by atoms with Crippen LogP contribution in [0.5, 0.6) is 0 Å². The molecule has 0 radical (unpaired) electrons. The topological polar surface area (TPSA) is 99.6 Å². The van der Waals surface area contributed by atoms with Crippen molar-refractivity contribution in [3.8, 4) is 0 Å². The number of carbonyl (C=O) groups excluding carboxylic acids is 3. The molecule has 4 amide bonds. The summed E-state index contributed by atoms with van der Waals surface area (Å²) >= 11 is 0. The van der Waals surface area contributed by atoms with Gasteiger partial charge in [-0.2, -0.15) is 5.10 Å². The number of hydrogen-bond acceptors (Lipinski definition) is 5. The number of imide groups is 1. The number of aryl methyl sites for hydroxylation is 1. The van der Waals surface area contributed by atoms with Crippen LogP contribution in [0.4, 0.5) is 16.3 Å². The van der Waals surface area contributed by atoms with E-state index in [0.717, 1.165) is 23.7 Å². The number of rotatable bonds is 4. The molecule has 9 heteroatoms. The number of nitrogens with zero attached hydrogens (tertiary/aromatic N) is 4. The van der Waals surface area contributed by atoms with Crippen LogP contribution in [0.2, 0.25) is 0 Å². The largest absolute Gasteiger partial charge is 0.329 e. The van der Waals surface area contributed by atoms with Gasteiger partial charge in [0.1, 0.15) is 0 Å². The third kappa shape index (κ3) is 3.77. The van der Waals surface area contributed by atoms with Gasteiger partial charge in [-0.3, -0.25) is 29.4 Å². The predicted octanol–water partition coefficient (Wildman–Crippen LogP) is 2.22. The van der Waals surface area contributed by atoms with E-state index in [4.69, 9.17) is 0 Å². The van der Waals surface area contributed by atoms with Crippen molar-refractivity contribution in [3.63, 3.8) is 0 Å². The van der Waals surface area contributed by atoms with Crippen molar-refractivity contribution in [3.05, 3.63) is 18.2 Å². The highest BCUT2D eigenvalue weighted by atomic mass is 16.2. The number of nitrogens with one attached hydrogen (secondary N) is 2. The van der Waals surface area contributed by atoms with Gasteiger partial charge in [0.25, 0.3) is 0 Å². The molecule has 160 valence electrons. The number of amides is 4. The first-order valence-electron chi connectivity index (χ1n) is 10.5. The monoisotopic (exact) mass is 412 g/mol. The molecular formula is C21H28N6O3. The molecule has 4 rings (SSSR count). The fourth-order valence-corrected chi connectivity index (χ4v) is 4.53. The van der Waals surface area contributed by atoms with Crippen LogP contribution in [-0.2, 0) is 16.6 Å². The van der Waals surface area contributed by atoms with E-state index in [9.17, 15) is 14.4 Å². The Labute approximate surface area is 175 Å². The minimum Gasteiger partial charge on any atom is -0.323 e. The van der Waals surface area contributed by atoms with Gasteiger partial charge in [-0.15, -0.1) is 0 Å². The molecule has 0 unspecified atom stereocenters. The quantitative estimate of drug-likeness (QED) is 0.802. The molecule has 0 saturated carbocycles. The fourth-order valence-electron chi connectivity index (χ4n) is 4.53. The van der Waals surface area contributed by atoms with E-state index in [1.165, 1.54) is 11.3 Å². The van der Waals surface area contributed by atoms with Crippen LogP contribution in [-0.4, -0.2) is 57.7 Å². The van der Waals surface area contributed by atoms with E-state index in [1.54, 1.807) is 11.7 Å². The second kappa shape index (κ2) is 8.06. The van der Waals surface area contributed by atoms with Crippen molar-refractivity contribution in [2.45, 2.75) is 51.6 Å². The Kier molecular flexibility index (Phi) is 5.46. The first-order chi connectivity index (χ1) is 14.3. The summed E-state index contributed by atoms with van der Waals surface area (Å²) in [7, 11) is 1.78. The van der Waals surface area contributed by atoms with Crippen LogP contribution in [0, 0.1) is 0 Å². The summed E-state index contributed by atoms with van der Waals surface area (Å²) in [6, 6.07) is 5.84. The Morgan fingerprint density at radius 3 is 2.67 bits per heavy atom. The van der Waals surface area contributed by atoms with E-state index in [-0.39, 0.29) is 24.8 Å². The van der Waals surface area contributed by atoms with Gasteiger partial charge in [0.2, 0.25) is 11.8 Å². The molecule has 1 aromatic carbocycles. The first kappa shape index (κ1) is 20.3. The van der Waals surface area contributed by atoms with Crippen molar-refractivity contribution in [2.75, 3.05) is 23.3 Å². The highest BCUT2D eigenvalue weighted by Gasteiger charge is 2.29. The molecule has 0 spiro atoms. The first-order valence-corrected chi connectivity index (χ1v) is 10.5. The maximum absolute atomic E-state index is 12.8. The van der Waals surface area contributed by atoms with E-state index >= 15 is 0 Å². The van der Waals surface area contributed by atoms with Gasteiger partial charge in [0.05, 0.1) is 17.7 Å². The van der Waals surface area contributed by atoms with Crippen LogP contribution >= 0.6 is 0 Å². The zero-order chi connectivity index (χ0) is 21.4. The molecule has 1 aromatic heterocycles. The smallest absolute Gasteiger partial charge is 0.323 e. The van der Waals surface area contributed by atoms with E-state index in [0.29, 0.717) is 30.1 Å². The average Bonchev–Trinajstić information content (AvgIpc) is 3.02. The molecule has 0 aliphatic carbocycles. The Balaban J connectivity index is 1.58. The minimum atomic E-state index is -0.478. The third-order valence-corrected chi connectivity index (χ3v) is 6.13. The number of benzene rings is 1. The molecule has 30 heavy (non-hydrogen) atoms. The number of para-hydroxylation sites is 1. The molecule has 2 aliphatic rings. The van der Waals surface area contributed by atoms with Crippen LogP contribution in [0.3, 0.4) is 0 Å². The number of carbonyl (C=O) groups is 3. The Morgan fingerprint density at radius 2 is 1.97 bits per heavy atom.